The summed E-state index contributed by atoms with van der Waals surface area (Å²) in [6.45, 7) is 1.93. The lowest BCUT2D eigenvalue weighted by Crippen LogP contribution is -2.40. The summed E-state index contributed by atoms with van der Waals surface area (Å²) >= 11 is 6.14. The van der Waals surface area contributed by atoms with Crippen molar-refractivity contribution in [1.29, 1.82) is 0 Å². The lowest BCUT2D eigenvalue weighted by molar-refractivity contribution is -0.142. The fraction of sp³-hybridized carbons (Fsp3) is 0.219. The van der Waals surface area contributed by atoms with E-state index in [1.54, 1.807) is 17.1 Å². The van der Waals surface area contributed by atoms with Crippen molar-refractivity contribution in [2.24, 2.45) is 5.10 Å². The third-order valence-corrected chi connectivity index (χ3v) is 7.40. The van der Waals surface area contributed by atoms with Gasteiger partial charge in [0.05, 0.1) is 24.9 Å². The number of alkyl halides is 3. The van der Waals surface area contributed by atoms with Gasteiger partial charge in [0, 0.05) is 23.7 Å². The third kappa shape index (κ3) is 7.40. The molecule has 9 nitrogen and oxygen atoms in total. The van der Waals surface area contributed by atoms with Crippen LogP contribution in [0.1, 0.15) is 45.5 Å². The largest absolute Gasteiger partial charge is 0.467 e. The topological polar surface area (TPSA) is 109 Å². The molecule has 45 heavy (non-hydrogen) atoms. The highest BCUT2D eigenvalue weighted by Gasteiger charge is 2.34. The third-order valence-electron chi connectivity index (χ3n) is 7.15. The highest BCUT2D eigenvalue weighted by Crippen LogP contribution is 2.34. The fourth-order valence-corrected chi connectivity index (χ4v) is 4.91. The number of hydrazone groups is 1. The number of halogens is 4. The van der Waals surface area contributed by atoms with Crippen LogP contribution in [0.2, 0.25) is 5.02 Å². The summed E-state index contributed by atoms with van der Waals surface area (Å²) in [4.78, 5) is 34.3. The van der Waals surface area contributed by atoms with E-state index in [4.69, 9.17) is 21.4 Å². The zero-order valence-corrected chi connectivity index (χ0v) is 24.9. The molecule has 0 spiro atoms. The zero-order chi connectivity index (χ0) is 32.1. The molecule has 1 aromatic heterocycles. The van der Waals surface area contributed by atoms with Crippen LogP contribution in [-0.4, -0.2) is 47.3 Å². The summed E-state index contributed by atoms with van der Waals surface area (Å²) in [5.41, 5.74) is 2.42. The second-order valence-corrected chi connectivity index (χ2v) is 10.7. The zero-order valence-electron chi connectivity index (χ0n) is 24.2. The number of rotatable bonds is 9. The highest BCUT2D eigenvalue weighted by molar-refractivity contribution is 6.30. The molecule has 1 aliphatic rings. The number of hydrogen-bond acceptors (Lipinski definition) is 8. The number of ether oxygens (including phenoxy) is 1. The lowest BCUT2D eigenvalue weighted by atomic mass is 9.90. The van der Waals surface area contributed by atoms with Gasteiger partial charge in [0.25, 0.3) is 5.91 Å². The Morgan fingerprint density at radius 2 is 1.73 bits per heavy atom. The first-order valence-electron chi connectivity index (χ1n) is 13.9. The van der Waals surface area contributed by atoms with E-state index in [-0.39, 0.29) is 29.8 Å². The average molecular weight is 637 g/mol. The molecule has 0 fully saturated rings. The minimum Gasteiger partial charge on any atom is -0.467 e. The van der Waals surface area contributed by atoms with Crippen molar-refractivity contribution >= 4 is 41.0 Å². The van der Waals surface area contributed by atoms with E-state index in [1.807, 2.05) is 42.5 Å². The second-order valence-electron chi connectivity index (χ2n) is 10.2. The number of methoxy groups -OCH3 is 1. The Balaban J connectivity index is 1.50. The van der Waals surface area contributed by atoms with Gasteiger partial charge in [0.15, 0.2) is 5.82 Å². The van der Waals surface area contributed by atoms with E-state index < -0.39 is 29.7 Å². The van der Waals surface area contributed by atoms with Gasteiger partial charge in [-0.15, -0.1) is 0 Å². The average Bonchev–Trinajstić information content (AvgIpc) is 3.49. The number of aromatic nitrogens is 2. The van der Waals surface area contributed by atoms with Crippen LogP contribution in [0.15, 0.2) is 90.2 Å². The smallest absolute Gasteiger partial charge is 0.416 e. The molecule has 0 bridgehead atoms. The molecule has 4 aromatic rings. The maximum absolute atomic E-state index is 13.4. The molecule has 0 saturated carbocycles. The molecule has 0 saturated heterocycles. The Morgan fingerprint density at radius 3 is 2.38 bits per heavy atom. The van der Waals surface area contributed by atoms with Crippen molar-refractivity contribution in [3.8, 4) is 0 Å². The number of anilines is 2. The number of carbonyl (C=O) groups excluding carboxylic acids is 2. The van der Waals surface area contributed by atoms with Crippen LogP contribution >= 0.6 is 11.6 Å². The van der Waals surface area contributed by atoms with Gasteiger partial charge in [-0.3, -0.25) is 4.79 Å². The number of hydrogen-bond donors (Lipinski definition) is 2. The van der Waals surface area contributed by atoms with Crippen LogP contribution in [0.25, 0.3) is 0 Å². The molecular weight excluding hydrogens is 609 g/mol. The van der Waals surface area contributed by atoms with Gasteiger partial charge >= 0.3 is 12.1 Å². The van der Waals surface area contributed by atoms with Gasteiger partial charge in [-0.2, -0.15) is 23.3 Å². The van der Waals surface area contributed by atoms with Crippen LogP contribution in [-0.2, 0) is 22.3 Å². The Bertz CT molecular complexity index is 1700. The molecule has 232 valence electrons. The molecule has 0 radical (unpaired) electrons. The summed E-state index contributed by atoms with van der Waals surface area (Å²) < 4.78 is 43.7. The van der Waals surface area contributed by atoms with Gasteiger partial charge in [-0.1, -0.05) is 66.2 Å². The van der Waals surface area contributed by atoms with Crippen molar-refractivity contribution < 1.29 is 27.5 Å². The molecule has 5 rings (SSSR count). The Kier molecular flexibility index (Phi) is 9.33. The van der Waals surface area contributed by atoms with Gasteiger partial charge in [0.1, 0.15) is 11.6 Å². The Labute approximate surface area is 262 Å². The molecule has 2 atom stereocenters. The molecule has 0 aliphatic carbocycles. The first-order valence-corrected chi connectivity index (χ1v) is 14.2. The van der Waals surface area contributed by atoms with E-state index >= 15 is 0 Å². The molecule has 2 heterocycles. The van der Waals surface area contributed by atoms with E-state index in [2.05, 4.69) is 20.6 Å². The number of amides is 1. The van der Waals surface area contributed by atoms with Crippen LogP contribution in [0.4, 0.5) is 24.9 Å². The van der Waals surface area contributed by atoms with Crippen molar-refractivity contribution in [3.63, 3.8) is 0 Å². The minimum atomic E-state index is -4.44. The van der Waals surface area contributed by atoms with Crippen LogP contribution in [0.3, 0.4) is 0 Å². The van der Waals surface area contributed by atoms with Crippen LogP contribution in [0, 0.1) is 0 Å². The maximum atomic E-state index is 13.4. The van der Waals surface area contributed by atoms with Gasteiger partial charge < -0.3 is 15.4 Å². The summed E-state index contributed by atoms with van der Waals surface area (Å²) in [6.07, 6.45) is -3.13. The molecule has 2 N–H and O–H groups in total. The van der Waals surface area contributed by atoms with E-state index in [0.717, 1.165) is 29.0 Å². The van der Waals surface area contributed by atoms with Crippen LogP contribution < -0.4 is 15.6 Å². The number of nitrogens with zero attached hydrogens (tertiary/aromatic N) is 4. The van der Waals surface area contributed by atoms with Crippen LogP contribution in [0.5, 0.6) is 0 Å². The molecule has 1 unspecified atom stereocenters. The van der Waals surface area contributed by atoms with E-state index in [9.17, 15) is 22.8 Å². The Hall–Kier alpha value is -4.97. The predicted octanol–water partition coefficient (Wildman–Crippen LogP) is 6.06. The standard InChI is InChI=1S/C32H28ClF3N6O3/c1-19(30(44)45-2)39-29(43)25-17-38-31(37-16-20-8-12-23(13-9-20)32(34,35)36)40-28(25)42-18-26(21-6-4-3-5-7-21)27(41-42)22-10-14-24(33)15-11-22/h3-15,17,19,26H,16,18H2,1-2H3,(H,39,43)(H,37,38,40)/t19-,26?/m0/s1. The maximum Gasteiger partial charge on any atom is 0.416 e. The molecule has 13 heteroatoms. The van der Waals surface area contributed by atoms with Gasteiger partial charge in [-0.25, -0.2) is 14.8 Å². The van der Waals surface area contributed by atoms with Crippen molar-refractivity contribution in [1.82, 2.24) is 15.3 Å². The SMILES string of the molecule is COC(=O)[C@H](C)NC(=O)c1cnc(NCc2ccc(C(F)(F)F)cc2)nc1N1CC(c2ccccc2)C(c2ccc(Cl)cc2)=N1. The quantitative estimate of drug-likeness (QED) is 0.215. The molecular formula is C32H28ClF3N6O3. The number of nitrogens with one attached hydrogen (secondary N) is 2. The second kappa shape index (κ2) is 13.3. The van der Waals surface area contributed by atoms with Crippen molar-refractivity contribution in [3.05, 3.63) is 118 Å². The summed E-state index contributed by atoms with van der Waals surface area (Å²) in [7, 11) is 1.22. The van der Waals surface area contributed by atoms with Gasteiger partial charge in [-0.05, 0) is 47.9 Å². The Morgan fingerprint density at radius 1 is 1.04 bits per heavy atom. The molecule has 3 aromatic carbocycles. The lowest BCUT2D eigenvalue weighted by Gasteiger charge is -2.20. The molecule has 1 aliphatic heterocycles. The predicted molar refractivity (Wildman–Crippen MR) is 164 cm³/mol. The number of carbonyl (C=O) groups is 2. The summed E-state index contributed by atoms with van der Waals surface area (Å²) in [5, 5.41) is 12.7. The molecule has 1 amide bonds. The van der Waals surface area contributed by atoms with E-state index in [0.29, 0.717) is 17.1 Å². The first kappa shape index (κ1) is 31.5. The van der Waals surface area contributed by atoms with Crippen molar-refractivity contribution in [2.45, 2.75) is 31.6 Å². The summed E-state index contributed by atoms with van der Waals surface area (Å²) in [5.74, 6) is -1.17. The normalized spacial score (nSPS) is 15.3. The van der Waals surface area contributed by atoms with Crippen molar-refractivity contribution in [2.75, 3.05) is 24.0 Å². The number of benzene rings is 3. The van der Waals surface area contributed by atoms with E-state index in [1.165, 1.54) is 32.4 Å². The van der Waals surface area contributed by atoms with Gasteiger partial charge in [0.2, 0.25) is 5.95 Å². The fourth-order valence-electron chi connectivity index (χ4n) is 4.78. The number of esters is 1. The highest BCUT2D eigenvalue weighted by atomic mass is 35.5. The minimum absolute atomic E-state index is 0.0544. The summed E-state index contributed by atoms with van der Waals surface area (Å²) in [6, 6.07) is 20.8. The monoisotopic (exact) mass is 636 g/mol. The first-order chi connectivity index (χ1) is 21.5.